The van der Waals surface area contributed by atoms with Gasteiger partial charge in [-0.15, -0.1) is 0 Å². The second-order valence-corrected chi connectivity index (χ2v) is 5.91. The standard InChI is InChI=1S/C15H22/c1-11-8-9-15-13(10-11)6-2-4-12-5-3-7-14(12)15/h2-3,6-7,11-15H,4-5,8-10H2,1H3. The Balaban J connectivity index is 1.84. The van der Waals surface area contributed by atoms with E-state index >= 15 is 0 Å². The maximum Gasteiger partial charge on any atom is -0.0165 e. The van der Waals surface area contributed by atoms with Crippen LogP contribution >= 0.6 is 0 Å². The van der Waals surface area contributed by atoms with E-state index in [2.05, 4.69) is 31.2 Å². The number of hydrogen-bond donors (Lipinski definition) is 0. The highest BCUT2D eigenvalue weighted by molar-refractivity contribution is 5.12. The van der Waals surface area contributed by atoms with Crippen LogP contribution in [0.1, 0.15) is 39.0 Å². The lowest BCUT2D eigenvalue weighted by molar-refractivity contribution is 0.160. The molecule has 0 radical (unpaired) electrons. The molecule has 0 nitrogen and oxygen atoms in total. The maximum atomic E-state index is 2.55. The second-order valence-electron chi connectivity index (χ2n) is 5.91. The highest BCUT2D eigenvalue weighted by atomic mass is 14.4. The summed E-state index contributed by atoms with van der Waals surface area (Å²) in [7, 11) is 0. The van der Waals surface area contributed by atoms with Crippen molar-refractivity contribution < 1.29 is 0 Å². The van der Waals surface area contributed by atoms with Crippen LogP contribution in [0.4, 0.5) is 0 Å². The predicted octanol–water partition coefficient (Wildman–Crippen LogP) is 4.19. The zero-order valence-corrected chi connectivity index (χ0v) is 9.73. The number of fused-ring (bicyclic) bond motifs is 3. The van der Waals surface area contributed by atoms with Crippen molar-refractivity contribution in [2.75, 3.05) is 0 Å². The molecule has 0 saturated heterocycles. The molecule has 3 aliphatic carbocycles. The van der Waals surface area contributed by atoms with E-state index in [0.717, 1.165) is 29.6 Å². The van der Waals surface area contributed by atoms with Crippen LogP contribution in [0.2, 0.25) is 0 Å². The molecule has 0 aromatic heterocycles. The summed E-state index contributed by atoms with van der Waals surface area (Å²) in [5.41, 5.74) is 0. The van der Waals surface area contributed by atoms with Gasteiger partial charge >= 0.3 is 0 Å². The first-order chi connectivity index (χ1) is 7.34. The Labute approximate surface area is 93.5 Å². The van der Waals surface area contributed by atoms with Gasteiger partial charge < -0.3 is 0 Å². The summed E-state index contributed by atoms with van der Waals surface area (Å²) in [6, 6.07) is 0. The highest BCUT2D eigenvalue weighted by Gasteiger charge is 2.37. The van der Waals surface area contributed by atoms with Gasteiger partial charge in [0.25, 0.3) is 0 Å². The van der Waals surface area contributed by atoms with E-state index in [-0.39, 0.29) is 0 Å². The van der Waals surface area contributed by atoms with E-state index in [0.29, 0.717) is 0 Å². The maximum absolute atomic E-state index is 2.55. The van der Waals surface area contributed by atoms with Crippen molar-refractivity contribution in [3.05, 3.63) is 24.3 Å². The van der Waals surface area contributed by atoms with Gasteiger partial charge in [-0.1, -0.05) is 37.6 Å². The summed E-state index contributed by atoms with van der Waals surface area (Å²) in [4.78, 5) is 0. The first kappa shape index (κ1) is 9.69. The van der Waals surface area contributed by atoms with E-state index in [1.54, 1.807) is 0 Å². The molecule has 5 unspecified atom stereocenters. The summed E-state index contributed by atoms with van der Waals surface area (Å²) in [6.45, 7) is 2.43. The first-order valence-electron chi connectivity index (χ1n) is 6.68. The van der Waals surface area contributed by atoms with Gasteiger partial charge in [0.1, 0.15) is 0 Å². The lowest BCUT2D eigenvalue weighted by Gasteiger charge is -2.37. The first-order valence-corrected chi connectivity index (χ1v) is 6.68. The molecule has 0 aromatic rings. The Morgan fingerprint density at radius 3 is 2.67 bits per heavy atom. The van der Waals surface area contributed by atoms with Crippen LogP contribution in [0.15, 0.2) is 24.3 Å². The van der Waals surface area contributed by atoms with E-state index in [1.807, 2.05) is 0 Å². The molecule has 1 fully saturated rings. The van der Waals surface area contributed by atoms with Crippen molar-refractivity contribution in [3.63, 3.8) is 0 Å². The van der Waals surface area contributed by atoms with Crippen LogP contribution in [0.5, 0.6) is 0 Å². The molecule has 0 aliphatic heterocycles. The minimum atomic E-state index is 0.895. The van der Waals surface area contributed by atoms with Crippen molar-refractivity contribution in [1.29, 1.82) is 0 Å². The fourth-order valence-corrected chi connectivity index (χ4v) is 4.05. The molecular weight excluding hydrogens is 180 g/mol. The van der Waals surface area contributed by atoms with Crippen LogP contribution in [0.3, 0.4) is 0 Å². The third kappa shape index (κ3) is 1.68. The molecule has 0 amide bonds. The zero-order chi connectivity index (χ0) is 10.3. The molecule has 0 spiro atoms. The Morgan fingerprint density at radius 2 is 1.80 bits per heavy atom. The van der Waals surface area contributed by atoms with Crippen molar-refractivity contribution in [3.8, 4) is 0 Å². The van der Waals surface area contributed by atoms with Crippen LogP contribution in [0, 0.1) is 29.6 Å². The average Bonchev–Trinajstić information content (AvgIpc) is 2.61. The molecule has 0 N–H and O–H groups in total. The highest BCUT2D eigenvalue weighted by Crippen LogP contribution is 2.47. The molecule has 5 atom stereocenters. The normalized spacial score (nSPS) is 48.5. The van der Waals surface area contributed by atoms with Gasteiger partial charge in [-0.3, -0.25) is 0 Å². The van der Waals surface area contributed by atoms with Crippen LogP contribution in [0.25, 0.3) is 0 Å². The molecular formula is C15H22. The molecule has 0 aromatic carbocycles. The summed E-state index contributed by atoms with van der Waals surface area (Å²) in [6.07, 6.45) is 17.0. The lowest BCUT2D eigenvalue weighted by Crippen LogP contribution is -2.29. The quantitative estimate of drug-likeness (QED) is 0.517. The average molecular weight is 202 g/mol. The summed E-state index contributed by atoms with van der Waals surface area (Å²) in [5.74, 6) is 4.69. The number of hydrogen-bond acceptors (Lipinski definition) is 0. The molecule has 3 rings (SSSR count). The van der Waals surface area contributed by atoms with Crippen molar-refractivity contribution in [1.82, 2.24) is 0 Å². The largest absolute Gasteiger partial charge is 0.0879 e. The Kier molecular flexibility index (Phi) is 2.46. The molecule has 3 aliphatic rings. The minimum absolute atomic E-state index is 0.895. The van der Waals surface area contributed by atoms with E-state index in [9.17, 15) is 0 Å². The zero-order valence-electron chi connectivity index (χ0n) is 9.73. The Hall–Kier alpha value is -0.520. The predicted molar refractivity (Wildman–Crippen MR) is 64.5 cm³/mol. The molecule has 1 saturated carbocycles. The summed E-state index contributed by atoms with van der Waals surface area (Å²) >= 11 is 0. The summed E-state index contributed by atoms with van der Waals surface area (Å²) in [5, 5.41) is 0. The SMILES string of the molecule is CC1CCC2C(C=CCC3CC=CC32)C1. The minimum Gasteiger partial charge on any atom is -0.0879 e. The van der Waals surface area contributed by atoms with Gasteiger partial charge in [-0.2, -0.15) is 0 Å². The number of allylic oxidation sites excluding steroid dienone is 4. The molecule has 0 bridgehead atoms. The van der Waals surface area contributed by atoms with E-state index < -0.39 is 0 Å². The Bertz CT molecular complexity index is 286. The van der Waals surface area contributed by atoms with E-state index in [1.165, 1.54) is 32.1 Å². The van der Waals surface area contributed by atoms with Gasteiger partial charge in [-0.25, -0.2) is 0 Å². The van der Waals surface area contributed by atoms with Crippen molar-refractivity contribution in [2.24, 2.45) is 29.6 Å². The molecule has 15 heavy (non-hydrogen) atoms. The van der Waals surface area contributed by atoms with Gasteiger partial charge in [-0.05, 0) is 55.3 Å². The van der Waals surface area contributed by atoms with E-state index in [4.69, 9.17) is 0 Å². The molecule has 82 valence electrons. The monoisotopic (exact) mass is 202 g/mol. The third-order valence-corrected chi connectivity index (χ3v) is 4.88. The second kappa shape index (κ2) is 3.81. The van der Waals surface area contributed by atoms with Gasteiger partial charge in [0, 0.05) is 0 Å². The number of rotatable bonds is 0. The van der Waals surface area contributed by atoms with Crippen LogP contribution < -0.4 is 0 Å². The topological polar surface area (TPSA) is 0 Å². The fourth-order valence-electron chi connectivity index (χ4n) is 4.05. The smallest absolute Gasteiger partial charge is 0.0165 e. The molecule has 0 heterocycles. The van der Waals surface area contributed by atoms with Crippen LogP contribution in [-0.2, 0) is 0 Å². The van der Waals surface area contributed by atoms with Gasteiger partial charge in [0.15, 0.2) is 0 Å². The van der Waals surface area contributed by atoms with Crippen molar-refractivity contribution >= 4 is 0 Å². The van der Waals surface area contributed by atoms with Gasteiger partial charge in [0.2, 0.25) is 0 Å². The lowest BCUT2D eigenvalue weighted by atomic mass is 9.68. The third-order valence-electron chi connectivity index (χ3n) is 4.88. The fraction of sp³-hybridized carbons (Fsp3) is 0.733. The van der Waals surface area contributed by atoms with Gasteiger partial charge in [0.05, 0.1) is 0 Å². The summed E-state index contributed by atoms with van der Waals surface area (Å²) < 4.78 is 0. The van der Waals surface area contributed by atoms with Crippen LogP contribution in [-0.4, -0.2) is 0 Å². The van der Waals surface area contributed by atoms with Crippen molar-refractivity contribution in [2.45, 2.75) is 39.0 Å². The Morgan fingerprint density at radius 1 is 1.00 bits per heavy atom. The molecule has 0 heteroatoms.